The Labute approximate surface area is 142 Å². The fraction of sp³-hybridized carbons (Fsp3) is 0.867. The number of halogens is 3. The Morgan fingerprint density at radius 1 is 1.44 bits per heavy atom. The lowest BCUT2D eigenvalue weighted by molar-refractivity contribution is -0.174. The summed E-state index contributed by atoms with van der Waals surface area (Å²) in [4.78, 5) is 12.4. The SMILES string of the molecule is COC1(N)C(=O)C(=N)CC2(CO2)C1C1(C)OC1CCOCC(F)(F)F. The average Bonchev–Trinajstić information content (AvgIpc) is 3.40. The molecule has 3 N–H and O–H groups in total. The van der Waals surface area contributed by atoms with Gasteiger partial charge in [-0.05, 0) is 13.3 Å². The molecule has 3 aliphatic rings. The van der Waals surface area contributed by atoms with Gasteiger partial charge in [0.05, 0.1) is 24.3 Å². The maximum atomic E-state index is 12.4. The number of carbonyl (C=O) groups is 1. The lowest BCUT2D eigenvalue weighted by atomic mass is 9.65. The number of nitrogens with two attached hydrogens (primary N) is 1. The molecule has 0 aromatic carbocycles. The van der Waals surface area contributed by atoms with Gasteiger partial charge in [0.1, 0.15) is 17.8 Å². The molecule has 5 unspecified atom stereocenters. The van der Waals surface area contributed by atoms with E-state index in [9.17, 15) is 18.0 Å². The highest BCUT2D eigenvalue weighted by Crippen LogP contribution is 2.59. The number of ketones is 1. The number of carbonyl (C=O) groups excluding carboxylic acids is 1. The first-order chi connectivity index (χ1) is 11.5. The van der Waals surface area contributed by atoms with Gasteiger partial charge in [0.15, 0.2) is 5.72 Å². The summed E-state index contributed by atoms with van der Waals surface area (Å²) in [6.07, 6.45) is -4.46. The van der Waals surface area contributed by atoms with Gasteiger partial charge in [0.2, 0.25) is 5.78 Å². The summed E-state index contributed by atoms with van der Waals surface area (Å²) < 4.78 is 57.5. The summed E-state index contributed by atoms with van der Waals surface area (Å²) in [5.41, 5.74) is 2.59. The first-order valence-corrected chi connectivity index (χ1v) is 7.91. The van der Waals surface area contributed by atoms with Crippen molar-refractivity contribution in [1.29, 1.82) is 5.41 Å². The van der Waals surface area contributed by atoms with Crippen molar-refractivity contribution in [3.05, 3.63) is 0 Å². The van der Waals surface area contributed by atoms with Crippen molar-refractivity contribution in [2.45, 2.75) is 49.0 Å². The molecule has 0 amide bonds. The molecule has 0 radical (unpaired) electrons. The van der Waals surface area contributed by atoms with E-state index in [1.165, 1.54) is 7.11 Å². The predicted octanol–water partition coefficient (Wildman–Crippen LogP) is 0.792. The molecule has 3 rings (SSSR count). The molecule has 0 aromatic rings. The van der Waals surface area contributed by atoms with Crippen LogP contribution in [-0.2, 0) is 23.7 Å². The number of alkyl halides is 3. The van der Waals surface area contributed by atoms with E-state index in [-0.39, 0.29) is 25.2 Å². The largest absolute Gasteiger partial charge is 0.411 e. The Hall–Kier alpha value is -1.07. The summed E-state index contributed by atoms with van der Waals surface area (Å²) >= 11 is 0. The van der Waals surface area contributed by atoms with Crippen LogP contribution in [0.2, 0.25) is 0 Å². The zero-order valence-corrected chi connectivity index (χ0v) is 13.9. The van der Waals surface area contributed by atoms with Gasteiger partial charge in [-0.2, -0.15) is 13.2 Å². The third kappa shape index (κ3) is 3.10. The van der Waals surface area contributed by atoms with Crippen LogP contribution in [0.15, 0.2) is 0 Å². The Kier molecular flexibility index (Phi) is 4.28. The molecule has 2 saturated heterocycles. The highest BCUT2D eigenvalue weighted by molar-refractivity contribution is 6.42. The Morgan fingerprint density at radius 3 is 2.60 bits per heavy atom. The zero-order valence-electron chi connectivity index (χ0n) is 13.9. The zero-order chi connectivity index (χ0) is 18.7. The molecule has 2 aliphatic heterocycles. The van der Waals surface area contributed by atoms with Crippen LogP contribution in [0.1, 0.15) is 19.8 Å². The second-order valence-electron chi connectivity index (χ2n) is 7.01. The smallest absolute Gasteiger partial charge is 0.372 e. The first kappa shape index (κ1) is 18.7. The van der Waals surface area contributed by atoms with Crippen molar-refractivity contribution in [1.82, 2.24) is 0 Å². The molecule has 2 heterocycles. The highest BCUT2D eigenvalue weighted by atomic mass is 19.4. The number of nitrogens with one attached hydrogen (secondary N) is 1. The Bertz CT molecular complexity index is 594. The van der Waals surface area contributed by atoms with Gasteiger partial charge >= 0.3 is 6.18 Å². The van der Waals surface area contributed by atoms with Crippen molar-refractivity contribution >= 4 is 11.5 Å². The summed E-state index contributed by atoms with van der Waals surface area (Å²) in [6.45, 7) is 0.611. The van der Waals surface area contributed by atoms with Gasteiger partial charge in [-0.25, -0.2) is 0 Å². The summed E-state index contributed by atoms with van der Waals surface area (Å²) in [5.74, 6) is -1.28. The maximum absolute atomic E-state index is 12.4. The normalized spacial score (nSPS) is 43.6. The summed E-state index contributed by atoms with van der Waals surface area (Å²) in [7, 11) is 1.28. The Morgan fingerprint density at radius 2 is 2.08 bits per heavy atom. The number of epoxide rings is 2. The predicted molar refractivity (Wildman–Crippen MR) is 78.2 cm³/mol. The van der Waals surface area contributed by atoms with Crippen molar-refractivity contribution in [3.8, 4) is 0 Å². The number of rotatable bonds is 6. The number of hydrogen-bond donors (Lipinski definition) is 2. The van der Waals surface area contributed by atoms with Gasteiger partial charge in [0.25, 0.3) is 0 Å². The lowest BCUT2D eigenvalue weighted by Gasteiger charge is -2.44. The third-order valence-electron chi connectivity index (χ3n) is 5.25. The second-order valence-corrected chi connectivity index (χ2v) is 7.01. The number of methoxy groups -OCH3 is 1. The topological polar surface area (TPSA) is 110 Å². The minimum atomic E-state index is -4.38. The van der Waals surface area contributed by atoms with Crippen LogP contribution in [0.25, 0.3) is 0 Å². The van der Waals surface area contributed by atoms with Gasteiger partial charge in [0, 0.05) is 20.1 Å². The van der Waals surface area contributed by atoms with E-state index in [1.54, 1.807) is 6.92 Å². The molecule has 1 aliphatic carbocycles. The standard InChI is InChI=1S/C15H21F3N2O5/c1-12(9(25-12)3-4-23-7-14(16,17)18)11-13(6-24-13)5-8(19)10(21)15(11,20)22-2/h9,11,19H,3-7,20H2,1-2H3. The van der Waals surface area contributed by atoms with Gasteiger partial charge in [-0.3, -0.25) is 10.5 Å². The number of ether oxygens (including phenoxy) is 4. The molecule has 5 atom stereocenters. The first-order valence-electron chi connectivity index (χ1n) is 7.91. The van der Waals surface area contributed by atoms with Gasteiger partial charge < -0.3 is 24.4 Å². The van der Waals surface area contributed by atoms with Crippen LogP contribution >= 0.6 is 0 Å². The molecule has 3 fully saturated rings. The van der Waals surface area contributed by atoms with Crippen LogP contribution in [0.5, 0.6) is 0 Å². The van der Waals surface area contributed by atoms with Crippen molar-refractivity contribution in [2.75, 3.05) is 26.9 Å². The van der Waals surface area contributed by atoms with Crippen LogP contribution in [-0.4, -0.2) is 67.6 Å². The Balaban J connectivity index is 1.69. The minimum Gasteiger partial charge on any atom is -0.372 e. The molecule has 1 saturated carbocycles. The summed E-state index contributed by atoms with van der Waals surface area (Å²) in [6, 6.07) is 0. The van der Waals surface area contributed by atoms with Crippen LogP contribution in [0.3, 0.4) is 0 Å². The maximum Gasteiger partial charge on any atom is 0.411 e. The molecule has 1 spiro atoms. The summed E-state index contributed by atoms with van der Waals surface area (Å²) in [5, 5.41) is 7.85. The fourth-order valence-electron chi connectivity index (χ4n) is 4.01. The fourth-order valence-corrected chi connectivity index (χ4v) is 4.01. The molecule has 7 nitrogen and oxygen atoms in total. The van der Waals surface area contributed by atoms with E-state index in [0.29, 0.717) is 6.61 Å². The second kappa shape index (κ2) is 5.71. The van der Waals surface area contributed by atoms with Crippen molar-refractivity contribution < 1.29 is 36.9 Å². The molecule has 142 valence electrons. The van der Waals surface area contributed by atoms with Crippen molar-refractivity contribution in [2.24, 2.45) is 11.7 Å². The molecular formula is C15H21F3N2O5. The van der Waals surface area contributed by atoms with Gasteiger partial charge in [-0.15, -0.1) is 0 Å². The average molecular weight is 366 g/mol. The van der Waals surface area contributed by atoms with Gasteiger partial charge in [-0.1, -0.05) is 0 Å². The van der Waals surface area contributed by atoms with E-state index < -0.39 is 47.5 Å². The van der Waals surface area contributed by atoms with E-state index in [4.69, 9.17) is 25.4 Å². The monoisotopic (exact) mass is 366 g/mol. The van der Waals surface area contributed by atoms with E-state index in [1.807, 2.05) is 0 Å². The van der Waals surface area contributed by atoms with Crippen LogP contribution in [0, 0.1) is 11.3 Å². The van der Waals surface area contributed by atoms with Crippen LogP contribution < -0.4 is 5.73 Å². The molecule has 10 heteroatoms. The van der Waals surface area contributed by atoms with E-state index in [2.05, 4.69) is 4.74 Å². The third-order valence-corrected chi connectivity index (χ3v) is 5.25. The molecule has 25 heavy (non-hydrogen) atoms. The van der Waals surface area contributed by atoms with E-state index >= 15 is 0 Å². The highest BCUT2D eigenvalue weighted by Gasteiger charge is 2.77. The lowest BCUT2D eigenvalue weighted by Crippen LogP contribution is -2.69. The van der Waals surface area contributed by atoms with Crippen molar-refractivity contribution in [3.63, 3.8) is 0 Å². The molecule has 0 bridgehead atoms. The number of Topliss-reactive ketones (excluding diaryl/α,β-unsaturated/α-hetero) is 1. The quantitative estimate of drug-likeness (QED) is 0.409. The molecule has 0 aromatic heterocycles. The molecular weight excluding hydrogens is 345 g/mol. The number of hydrogen-bond acceptors (Lipinski definition) is 7. The minimum absolute atomic E-state index is 0.120. The van der Waals surface area contributed by atoms with Crippen LogP contribution in [0.4, 0.5) is 13.2 Å². The van der Waals surface area contributed by atoms with E-state index in [0.717, 1.165) is 0 Å².